The van der Waals surface area contributed by atoms with Crippen molar-refractivity contribution in [3.05, 3.63) is 29.0 Å². The molecule has 1 aliphatic rings. The SMILES string of the molecule is CC1CCN(CCNS(=O)(=O)c2ccc(F)c(Cl)c2)CC1. The van der Waals surface area contributed by atoms with E-state index in [9.17, 15) is 12.8 Å². The number of hydrogen-bond acceptors (Lipinski definition) is 3. The molecule has 1 N–H and O–H groups in total. The van der Waals surface area contributed by atoms with Gasteiger partial charge in [0.2, 0.25) is 10.0 Å². The Hall–Kier alpha value is -0.690. The van der Waals surface area contributed by atoms with Crippen LogP contribution in [-0.4, -0.2) is 39.5 Å². The summed E-state index contributed by atoms with van der Waals surface area (Å²) < 4.78 is 39.7. The second-order valence-corrected chi connectivity index (χ2v) is 7.67. The highest BCUT2D eigenvalue weighted by molar-refractivity contribution is 7.89. The lowest BCUT2D eigenvalue weighted by Crippen LogP contribution is -2.39. The van der Waals surface area contributed by atoms with E-state index in [2.05, 4.69) is 16.5 Å². The largest absolute Gasteiger partial charge is 0.302 e. The molecule has 0 amide bonds. The molecule has 0 aromatic heterocycles. The van der Waals surface area contributed by atoms with Crippen LogP contribution in [0.5, 0.6) is 0 Å². The predicted molar refractivity (Wildman–Crippen MR) is 81.4 cm³/mol. The molecular weight excluding hydrogens is 315 g/mol. The average molecular weight is 335 g/mol. The molecule has 0 radical (unpaired) electrons. The van der Waals surface area contributed by atoms with Gasteiger partial charge in [0, 0.05) is 13.1 Å². The Bertz CT molecular complexity index is 587. The van der Waals surface area contributed by atoms with Gasteiger partial charge in [-0.25, -0.2) is 17.5 Å². The summed E-state index contributed by atoms with van der Waals surface area (Å²) in [6, 6.07) is 3.40. The zero-order valence-electron chi connectivity index (χ0n) is 12.0. The molecule has 1 fully saturated rings. The minimum Gasteiger partial charge on any atom is -0.302 e. The number of nitrogens with zero attached hydrogens (tertiary/aromatic N) is 1. The lowest BCUT2D eigenvalue weighted by atomic mass is 9.99. The van der Waals surface area contributed by atoms with Crippen molar-refractivity contribution in [3.63, 3.8) is 0 Å². The summed E-state index contributed by atoms with van der Waals surface area (Å²) in [4.78, 5) is 2.24. The Morgan fingerprint density at radius 2 is 2.05 bits per heavy atom. The van der Waals surface area contributed by atoms with E-state index in [4.69, 9.17) is 11.6 Å². The first-order valence-corrected chi connectivity index (χ1v) is 8.91. The van der Waals surface area contributed by atoms with Crippen LogP contribution in [0, 0.1) is 11.7 Å². The number of nitrogens with one attached hydrogen (secondary N) is 1. The van der Waals surface area contributed by atoms with Gasteiger partial charge in [-0.2, -0.15) is 0 Å². The van der Waals surface area contributed by atoms with E-state index in [0.29, 0.717) is 13.1 Å². The number of benzene rings is 1. The molecule has 118 valence electrons. The highest BCUT2D eigenvalue weighted by atomic mass is 35.5. The molecule has 0 saturated carbocycles. The minimum atomic E-state index is -3.64. The van der Waals surface area contributed by atoms with Crippen LogP contribution >= 0.6 is 11.6 Å². The number of hydrogen-bond donors (Lipinski definition) is 1. The molecule has 0 bridgehead atoms. The summed E-state index contributed by atoms with van der Waals surface area (Å²) in [7, 11) is -3.64. The van der Waals surface area contributed by atoms with Crippen molar-refractivity contribution >= 4 is 21.6 Å². The third-order valence-corrected chi connectivity index (χ3v) is 5.55. The molecule has 1 aromatic carbocycles. The van der Waals surface area contributed by atoms with Gasteiger partial charge >= 0.3 is 0 Å². The number of rotatable bonds is 5. The second kappa shape index (κ2) is 7.05. The topological polar surface area (TPSA) is 49.4 Å². The third kappa shape index (κ3) is 4.64. The number of likely N-dealkylation sites (tertiary alicyclic amines) is 1. The Labute approximate surface area is 130 Å². The third-order valence-electron chi connectivity index (χ3n) is 3.80. The molecular formula is C14H20ClFN2O2S. The fraction of sp³-hybridized carbons (Fsp3) is 0.571. The Kier molecular flexibility index (Phi) is 5.60. The van der Waals surface area contributed by atoms with Crippen LogP contribution in [0.1, 0.15) is 19.8 Å². The maximum Gasteiger partial charge on any atom is 0.240 e. The Morgan fingerprint density at radius 1 is 1.38 bits per heavy atom. The maximum absolute atomic E-state index is 13.1. The first kappa shape index (κ1) is 16.7. The maximum atomic E-state index is 13.1. The predicted octanol–water partition coefficient (Wildman–Crippen LogP) is 2.49. The Morgan fingerprint density at radius 3 is 2.67 bits per heavy atom. The minimum absolute atomic E-state index is 0.0128. The van der Waals surface area contributed by atoms with Crippen LogP contribution < -0.4 is 4.72 Å². The molecule has 21 heavy (non-hydrogen) atoms. The van der Waals surface area contributed by atoms with E-state index in [1.807, 2.05) is 0 Å². The molecule has 0 aliphatic carbocycles. The summed E-state index contributed by atoms with van der Waals surface area (Å²) in [5.41, 5.74) is 0. The molecule has 2 rings (SSSR count). The van der Waals surface area contributed by atoms with Crippen LogP contribution in [0.2, 0.25) is 5.02 Å². The van der Waals surface area contributed by atoms with E-state index >= 15 is 0 Å². The van der Waals surface area contributed by atoms with Gasteiger partial charge in [-0.15, -0.1) is 0 Å². The molecule has 0 atom stereocenters. The van der Waals surface area contributed by atoms with Crippen molar-refractivity contribution < 1.29 is 12.8 Å². The zero-order chi connectivity index (χ0) is 15.5. The molecule has 1 heterocycles. The van der Waals surface area contributed by atoms with Gasteiger partial charge in [-0.1, -0.05) is 18.5 Å². The summed E-state index contributed by atoms with van der Waals surface area (Å²) in [6.45, 7) is 5.27. The first-order valence-electron chi connectivity index (χ1n) is 7.05. The normalized spacial score (nSPS) is 18.0. The average Bonchev–Trinajstić information content (AvgIpc) is 2.44. The molecule has 1 saturated heterocycles. The summed E-state index contributed by atoms with van der Waals surface area (Å²) >= 11 is 5.61. The fourth-order valence-electron chi connectivity index (χ4n) is 2.35. The summed E-state index contributed by atoms with van der Waals surface area (Å²) in [6.07, 6.45) is 2.31. The van der Waals surface area contributed by atoms with Crippen molar-refractivity contribution in [1.82, 2.24) is 9.62 Å². The standard InChI is InChI=1S/C14H20ClFN2O2S/c1-11-4-7-18(8-5-11)9-6-17-21(19,20)12-2-3-14(16)13(15)10-12/h2-3,10-11,17H,4-9H2,1H3. The van der Waals surface area contributed by atoms with Crippen LogP contribution in [0.3, 0.4) is 0 Å². The summed E-state index contributed by atoms with van der Waals surface area (Å²) in [5.74, 6) is 0.123. The van der Waals surface area contributed by atoms with Gasteiger partial charge < -0.3 is 4.90 Å². The van der Waals surface area contributed by atoms with Crippen molar-refractivity contribution in [2.24, 2.45) is 5.92 Å². The van der Waals surface area contributed by atoms with Gasteiger partial charge in [0.1, 0.15) is 5.82 Å². The smallest absolute Gasteiger partial charge is 0.240 e. The molecule has 4 nitrogen and oxygen atoms in total. The highest BCUT2D eigenvalue weighted by Gasteiger charge is 2.18. The van der Waals surface area contributed by atoms with Crippen molar-refractivity contribution in [1.29, 1.82) is 0 Å². The Balaban J connectivity index is 1.88. The van der Waals surface area contributed by atoms with Crippen molar-refractivity contribution in [3.8, 4) is 0 Å². The molecule has 1 aromatic rings. The van der Waals surface area contributed by atoms with Crippen molar-refractivity contribution in [2.75, 3.05) is 26.2 Å². The van der Waals surface area contributed by atoms with Crippen molar-refractivity contribution in [2.45, 2.75) is 24.7 Å². The highest BCUT2D eigenvalue weighted by Crippen LogP contribution is 2.19. The fourth-order valence-corrected chi connectivity index (χ4v) is 3.64. The van der Waals surface area contributed by atoms with Gasteiger partial charge in [-0.3, -0.25) is 0 Å². The zero-order valence-corrected chi connectivity index (χ0v) is 13.6. The van der Waals surface area contributed by atoms with Gasteiger partial charge in [0.15, 0.2) is 0 Å². The van der Waals surface area contributed by atoms with Crippen LogP contribution in [0.4, 0.5) is 4.39 Å². The second-order valence-electron chi connectivity index (χ2n) is 5.50. The first-order chi connectivity index (χ1) is 9.88. The van der Waals surface area contributed by atoms with E-state index < -0.39 is 15.8 Å². The number of piperidine rings is 1. The number of sulfonamides is 1. The van der Waals surface area contributed by atoms with Crippen LogP contribution in [0.15, 0.2) is 23.1 Å². The monoisotopic (exact) mass is 334 g/mol. The van der Waals surface area contributed by atoms with Gasteiger partial charge in [-0.05, 0) is 50.0 Å². The molecule has 0 spiro atoms. The number of halogens is 2. The molecule has 0 unspecified atom stereocenters. The van der Waals surface area contributed by atoms with Crippen LogP contribution in [0.25, 0.3) is 0 Å². The van der Waals surface area contributed by atoms with E-state index in [-0.39, 0.29) is 9.92 Å². The quantitative estimate of drug-likeness (QED) is 0.900. The lowest BCUT2D eigenvalue weighted by molar-refractivity contribution is 0.195. The van der Waals surface area contributed by atoms with E-state index in [1.54, 1.807) is 0 Å². The van der Waals surface area contributed by atoms with E-state index in [1.165, 1.54) is 6.07 Å². The molecule has 7 heteroatoms. The summed E-state index contributed by atoms with van der Waals surface area (Å²) in [5, 5.41) is -0.192. The molecule has 1 aliphatic heterocycles. The lowest BCUT2D eigenvalue weighted by Gasteiger charge is -2.30. The van der Waals surface area contributed by atoms with E-state index in [0.717, 1.165) is 44.0 Å². The van der Waals surface area contributed by atoms with Crippen LogP contribution in [-0.2, 0) is 10.0 Å². The van der Waals surface area contributed by atoms with Gasteiger partial charge in [0.05, 0.1) is 9.92 Å². The van der Waals surface area contributed by atoms with Gasteiger partial charge in [0.25, 0.3) is 0 Å².